The van der Waals surface area contributed by atoms with E-state index >= 15 is 0 Å². The summed E-state index contributed by atoms with van der Waals surface area (Å²) in [7, 11) is 1.85. The molecular formula is C13H26N2O. The van der Waals surface area contributed by atoms with Gasteiger partial charge in [0, 0.05) is 31.8 Å². The minimum Gasteiger partial charge on any atom is -0.380 e. The smallest absolute Gasteiger partial charge is 0.0724 e. The van der Waals surface area contributed by atoms with Crippen molar-refractivity contribution in [1.82, 2.24) is 10.2 Å². The van der Waals surface area contributed by atoms with Crippen molar-refractivity contribution in [3.63, 3.8) is 0 Å². The van der Waals surface area contributed by atoms with E-state index in [0.29, 0.717) is 23.6 Å². The van der Waals surface area contributed by atoms with Crippen molar-refractivity contribution in [3.8, 4) is 0 Å². The average molecular weight is 226 g/mol. The van der Waals surface area contributed by atoms with Crippen molar-refractivity contribution in [2.45, 2.75) is 51.3 Å². The summed E-state index contributed by atoms with van der Waals surface area (Å²) in [4.78, 5) is 2.62. The van der Waals surface area contributed by atoms with Crippen molar-refractivity contribution in [1.29, 1.82) is 0 Å². The summed E-state index contributed by atoms with van der Waals surface area (Å²) >= 11 is 0. The van der Waals surface area contributed by atoms with Gasteiger partial charge < -0.3 is 10.1 Å². The highest BCUT2D eigenvalue weighted by Crippen LogP contribution is 2.27. The topological polar surface area (TPSA) is 24.5 Å². The first kappa shape index (κ1) is 12.3. The molecule has 3 heteroatoms. The number of rotatable bonds is 2. The number of piperidine rings is 1. The average Bonchev–Trinajstić information content (AvgIpc) is 2.59. The monoisotopic (exact) mass is 226 g/mol. The van der Waals surface area contributed by atoms with Crippen LogP contribution in [0.15, 0.2) is 0 Å². The van der Waals surface area contributed by atoms with E-state index in [-0.39, 0.29) is 0 Å². The van der Waals surface area contributed by atoms with Crippen molar-refractivity contribution < 1.29 is 4.74 Å². The third kappa shape index (κ3) is 2.58. The second-order valence-electron chi connectivity index (χ2n) is 6.16. The molecule has 2 fully saturated rings. The first-order valence-corrected chi connectivity index (χ1v) is 6.54. The molecule has 2 heterocycles. The van der Waals surface area contributed by atoms with Crippen molar-refractivity contribution in [3.05, 3.63) is 0 Å². The lowest BCUT2D eigenvalue weighted by atomic mass is 9.93. The van der Waals surface area contributed by atoms with Crippen LogP contribution in [0.4, 0.5) is 0 Å². The van der Waals surface area contributed by atoms with E-state index in [4.69, 9.17) is 4.74 Å². The van der Waals surface area contributed by atoms with Gasteiger partial charge in [0.2, 0.25) is 0 Å². The summed E-state index contributed by atoms with van der Waals surface area (Å²) in [6.45, 7) is 10.4. The Morgan fingerprint density at radius 1 is 1.38 bits per heavy atom. The van der Waals surface area contributed by atoms with Gasteiger partial charge in [-0.05, 0) is 39.2 Å². The molecule has 3 atom stereocenters. The lowest BCUT2D eigenvalue weighted by molar-refractivity contribution is -0.0170. The Morgan fingerprint density at radius 3 is 2.69 bits per heavy atom. The number of likely N-dealkylation sites (tertiary alicyclic amines) is 1. The third-order valence-corrected chi connectivity index (χ3v) is 4.30. The van der Waals surface area contributed by atoms with E-state index in [1.807, 2.05) is 7.11 Å². The molecule has 0 aromatic carbocycles. The van der Waals surface area contributed by atoms with Crippen molar-refractivity contribution in [2.24, 2.45) is 5.92 Å². The fourth-order valence-electron chi connectivity index (χ4n) is 3.08. The van der Waals surface area contributed by atoms with Gasteiger partial charge in [0.1, 0.15) is 0 Å². The number of hydrogen-bond donors (Lipinski definition) is 1. The zero-order chi connectivity index (χ0) is 11.8. The molecule has 0 aliphatic carbocycles. The Kier molecular flexibility index (Phi) is 3.57. The molecule has 3 nitrogen and oxygen atoms in total. The van der Waals surface area contributed by atoms with Crippen LogP contribution in [0.1, 0.15) is 33.6 Å². The molecule has 2 saturated heterocycles. The molecule has 1 N–H and O–H groups in total. The molecular weight excluding hydrogens is 200 g/mol. The minimum atomic E-state index is 0.316. The van der Waals surface area contributed by atoms with E-state index in [0.717, 1.165) is 13.1 Å². The zero-order valence-corrected chi connectivity index (χ0v) is 11.1. The highest BCUT2D eigenvalue weighted by molar-refractivity contribution is 4.96. The Bertz CT molecular complexity index is 242. The van der Waals surface area contributed by atoms with Crippen LogP contribution in [0, 0.1) is 5.92 Å². The highest BCUT2D eigenvalue weighted by Gasteiger charge is 2.37. The molecule has 0 aromatic rings. The lowest BCUT2D eigenvalue weighted by Gasteiger charge is -2.39. The molecule has 0 amide bonds. The summed E-state index contributed by atoms with van der Waals surface area (Å²) in [5.74, 6) is 0.712. The van der Waals surface area contributed by atoms with Crippen LogP contribution in [-0.4, -0.2) is 49.3 Å². The van der Waals surface area contributed by atoms with Crippen LogP contribution in [0.5, 0.6) is 0 Å². The van der Waals surface area contributed by atoms with E-state index < -0.39 is 0 Å². The quantitative estimate of drug-likeness (QED) is 0.772. The number of ether oxygens (including phenoxy) is 1. The van der Waals surface area contributed by atoms with Gasteiger partial charge in [-0.1, -0.05) is 6.92 Å². The standard InChI is InChI=1S/C13H26N2O/c1-10-5-6-15(9-12(10)16-4)11-7-13(2,3)14-8-11/h10-12,14H,5-9H2,1-4H3. The fourth-order valence-corrected chi connectivity index (χ4v) is 3.08. The first-order valence-electron chi connectivity index (χ1n) is 6.54. The maximum Gasteiger partial charge on any atom is 0.0724 e. The van der Waals surface area contributed by atoms with Crippen LogP contribution in [0.25, 0.3) is 0 Å². The molecule has 2 rings (SSSR count). The van der Waals surface area contributed by atoms with E-state index in [1.165, 1.54) is 19.4 Å². The maximum absolute atomic E-state index is 5.58. The first-order chi connectivity index (χ1) is 7.52. The summed E-state index contributed by atoms with van der Waals surface area (Å²) < 4.78 is 5.58. The van der Waals surface area contributed by atoms with Crippen molar-refractivity contribution >= 4 is 0 Å². The molecule has 94 valence electrons. The molecule has 0 radical (unpaired) electrons. The molecule has 2 aliphatic rings. The molecule has 0 aromatic heterocycles. The van der Waals surface area contributed by atoms with E-state index in [9.17, 15) is 0 Å². The maximum atomic E-state index is 5.58. The molecule has 2 aliphatic heterocycles. The summed E-state index contributed by atoms with van der Waals surface area (Å²) in [5, 5.41) is 3.60. The number of nitrogens with one attached hydrogen (secondary N) is 1. The summed E-state index contributed by atoms with van der Waals surface area (Å²) in [5.41, 5.74) is 0.316. The van der Waals surface area contributed by atoms with Gasteiger partial charge in [0.15, 0.2) is 0 Å². The van der Waals surface area contributed by atoms with Gasteiger partial charge in [-0.15, -0.1) is 0 Å². The minimum absolute atomic E-state index is 0.316. The zero-order valence-electron chi connectivity index (χ0n) is 11.1. The van der Waals surface area contributed by atoms with Crippen LogP contribution < -0.4 is 5.32 Å². The molecule has 0 spiro atoms. The largest absolute Gasteiger partial charge is 0.380 e. The molecule has 16 heavy (non-hydrogen) atoms. The lowest BCUT2D eigenvalue weighted by Crippen LogP contribution is -2.49. The molecule has 3 unspecified atom stereocenters. The predicted molar refractivity (Wildman–Crippen MR) is 66.6 cm³/mol. The number of nitrogens with zero attached hydrogens (tertiary/aromatic N) is 1. The van der Waals surface area contributed by atoms with Gasteiger partial charge in [0.05, 0.1) is 6.10 Å². The van der Waals surface area contributed by atoms with E-state index in [1.54, 1.807) is 0 Å². The Balaban J connectivity index is 1.91. The number of methoxy groups -OCH3 is 1. The van der Waals surface area contributed by atoms with Crippen molar-refractivity contribution in [2.75, 3.05) is 26.7 Å². The molecule has 0 bridgehead atoms. The Hall–Kier alpha value is -0.120. The predicted octanol–water partition coefficient (Wildman–Crippen LogP) is 1.48. The SMILES string of the molecule is COC1CN(C2CNC(C)(C)C2)CCC1C. The van der Waals surface area contributed by atoms with E-state index in [2.05, 4.69) is 31.0 Å². The second kappa shape index (κ2) is 4.63. The summed E-state index contributed by atoms with van der Waals surface area (Å²) in [6.07, 6.45) is 2.96. The second-order valence-corrected chi connectivity index (χ2v) is 6.16. The van der Waals surface area contributed by atoms with Crippen LogP contribution >= 0.6 is 0 Å². The van der Waals surface area contributed by atoms with Gasteiger partial charge in [-0.2, -0.15) is 0 Å². The summed E-state index contributed by atoms with van der Waals surface area (Å²) in [6, 6.07) is 0.708. The van der Waals surface area contributed by atoms with Gasteiger partial charge >= 0.3 is 0 Å². The van der Waals surface area contributed by atoms with Crippen LogP contribution in [0.2, 0.25) is 0 Å². The third-order valence-electron chi connectivity index (χ3n) is 4.30. The van der Waals surface area contributed by atoms with Gasteiger partial charge in [-0.25, -0.2) is 0 Å². The van der Waals surface area contributed by atoms with Gasteiger partial charge in [-0.3, -0.25) is 4.90 Å². The molecule has 0 saturated carbocycles. The van der Waals surface area contributed by atoms with Crippen LogP contribution in [-0.2, 0) is 4.74 Å². The number of hydrogen-bond acceptors (Lipinski definition) is 3. The highest BCUT2D eigenvalue weighted by atomic mass is 16.5. The van der Waals surface area contributed by atoms with Gasteiger partial charge in [0.25, 0.3) is 0 Å². The van der Waals surface area contributed by atoms with Crippen LogP contribution in [0.3, 0.4) is 0 Å². The normalized spacial score (nSPS) is 40.1. The Labute approximate surface area is 99.5 Å². The Morgan fingerprint density at radius 2 is 2.12 bits per heavy atom. The fraction of sp³-hybridized carbons (Fsp3) is 1.00.